The third kappa shape index (κ3) is 8.50. The van der Waals surface area contributed by atoms with Crippen molar-refractivity contribution in [3.63, 3.8) is 0 Å². The van der Waals surface area contributed by atoms with Crippen molar-refractivity contribution in [1.29, 1.82) is 0 Å². The van der Waals surface area contributed by atoms with E-state index in [-0.39, 0.29) is 11.7 Å². The van der Waals surface area contributed by atoms with Crippen LogP contribution in [0.5, 0.6) is 5.75 Å². The number of hydrogen-bond acceptors (Lipinski definition) is 2. The molecule has 3 nitrogen and oxygen atoms in total. The molecule has 0 saturated carbocycles. The van der Waals surface area contributed by atoms with E-state index in [2.05, 4.69) is 40.7 Å². The summed E-state index contributed by atoms with van der Waals surface area (Å²) < 4.78 is 1.29. The van der Waals surface area contributed by atoms with Crippen LogP contribution in [0.4, 0.5) is 0 Å². The minimum Gasteiger partial charge on any atom is -0.507 e. The first-order valence-electron chi connectivity index (χ1n) is 12.1. The SMILES string of the molecule is CCCC[N+](CCCC)(CCCC)CCCCc1cc(C=O)c(O)c(C(C)C)c1. The van der Waals surface area contributed by atoms with Gasteiger partial charge in [0.2, 0.25) is 0 Å². The van der Waals surface area contributed by atoms with Crippen LogP contribution in [0.2, 0.25) is 0 Å². The number of hydrogen-bond donors (Lipinski definition) is 1. The molecule has 0 heterocycles. The maximum atomic E-state index is 11.4. The highest BCUT2D eigenvalue weighted by molar-refractivity contribution is 5.80. The van der Waals surface area contributed by atoms with Gasteiger partial charge in [-0.2, -0.15) is 0 Å². The molecule has 0 aliphatic heterocycles. The van der Waals surface area contributed by atoms with Crippen LogP contribution in [0, 0.1) is 0 Å². The summed E-state index contributed by atoms with van der Waals surface area (Å²) in [6, 6.07) is 3.97. The number of phenols is 1. The Labute approximate surface area is 180 Å². The molecule has 1 aromatic carbocycles. The number of aryl methyl sites for hydroxylation is 1. The van der Waals surface area contributed by atoms with E-state index in [9.17, 15) is 9.90 Å². The second-order valence-electron chi connectivity index (χ2n) is 9.15. The lowest BCUT2D eigenvalue weighted by Gasteiger charge is -2.39. The van der Waals surface area contributed by atoms with Gasteiger partial charge in [-0.3, -0.25) is 4.79 Å². The van der Waals surface area contributed by atoms with E-state index in [0.29, 0.717) is 5.56 Å². The molecule has 0 aliphatic carbocycles. The van der Waals surface area contributed by atoms with E-state index in [0.717, 1.165) is 24.7 Å². The lowest BCUT2D eigenvalue weighted by Crippen LogP contribution is -2.50. The minimum atomic E-state index is 0.160. The molecule has 0 amide bonds. The summed E-state index contributed by atoms with van der Waals surface area (Å²) >= 11 is 0. The minimum absolute atomic E-state index is 0.160. The molecule has 1 rings (SSSR count). The van der Waals surface area contributed by atoms with Gasteiger partial charge in [0, 0.05) is 0 Å². The van der Waals surface area contributed by atoms with Gasteiger partial charge in [0.15, 0.2) is 6.29 Å². The van der Waals surface area contributed by atoms with Crippen LogP contribution in [0.25, 0.3) is 0 Å². The fraction of sp³-hybridized carbons (Fsp3) is 0.731. The number of carbonyl (C=O) groups is 1. The Kier molecular flexibility index (Phi) is 12.2. The standard InChI is InChI=1S/C26H45NO2/c1-6-9-15-27(16-10-7-2,17-11-8-3)18-13-12-14-23-19-24(21-28)26(29)25(20-23)22(4)5/h19-22H,6-18H2,1-5H3/p+1. The number of nitrogens with zero attached hydrogens (tertiary/aromatic N) is 1. The number of benzene rings is 1. The quantitative estimate of drug-likeness (QED) is 0.185. The average molecular weight is 405 g/mol. The second kappa shape index (κ2) is 13.8. The molecule has 0 spiro atoms. The van der Waals surface area contributed by atoms with Crippen molar-refractivity contribution in [3.05, 3.63) is 28.8 Å². The molecule has 0 radical (unpaired) electrons. The predicted molar refractivity (Wildman–Crippen MR) is 125 cm³/mol. The van der Waals surface area contributed by atoms with E-state index < -0.39 is 0 Å². The van der Waals surface area contributed by atoms with Crippen LogP contribution < -0.4 is 0 Å². The fourth-order valence-corrected chi connectivity index (χ4v) is 4.35. The summed E-state index contributed by atoms with van der Waals surface area (Å²) in [5.41, 5.74) is 2.51. The van der Waals surface area contributed by atoms with Crippen LogP contribution in [0.3, 0.4) is 0 Å². The van der Waals surface area contributed by atoms with E-state index in [1.807, 2.05) is 6.07 Å². The first kappa shape index (κ1) is 25.7. The van der Waals surface area contributed by atoms with E-state index in [4.69, 9.17) is 0 Å². The van der Waals surface area contributed by atoms with Gasteiger partial charge in [-0.1, -0.05) is 59.9 Å². The molecule has 0 unspecified atom stereocenters. The predicted octanol–water partition coefficient (Wildman–Crippen LogP) is 6.87. The number of quaternary nitrogens is 1. The molecule has 3 heteroatoms. The molecule has 29 heavy (non-hydrogen) atoms. The van der Waals surface area contributed by atoms with Crippen molar-refractivity contribution < 1.29 is 14.4 Å². The lowest BCUT2D eigenvalue weighted by atomic mass is 9.94. The number of aldehydes is 1. The van der Waals surface area contributed by atoms with Gasteiger partial charge in [-0.25, -0.2) is 0 Å². The Bertz CT molecular complexity index is 573. The zero-order chi connectivity index (χ0) is 21.7. The molecule has 0 fully saturated rings. The zero-order valence-electron chi connectivity index (χ0n) is 19.8. The molecule has 0 bridgehead atoms. The van der Waals surface area contributed by atoms with Gasteiger partial charge in [-0.15, -0.1) is 0 Å². The van der Waals surface area contributed by atoms with Crippen LogP contribution in [-0.2, 0) is 6.42 Å². The fourth-order valence-electron chi connectivity index (χ4n) is 4.35. The molecule has 0 saturated heterocycles. The Morgan fingerprint density at radius 3 is 1.83 bits per heavy atom. The molecule has 1 aromatic rings. The van der Waals surface area contributed by atoms with Gasteiger partial charge in [0.05, 0.1) is 31.7 Å². The van der Waals surface area contributed by atoms with Crippen molar-refractivity contribution in [2.24, 2.45) is 0 Å². The van der Waals surface area contributed by atoms with Gasteiger partial charge in [0.25, 0.3) is 0 Å². The number of rotatable bonds is 16. The van der Waals surface area contributed by atoms with Crippen LogP contribution in [-0.4, -0.2) is 42.1 Å². The summed E-state index contributed by atoms with van der Waals surface area (Å²) in [5, 5.41) is 10.3. The summed E-state index contributed by atoms with van der Waals surface area (Å²) in [6.45, 7) is 16.3. The lowest BCUT2D eigenvalue weighted by molar-refractivity contribution is -0.929. The smallest absolute Gasteiger partial charge is 0.153 e. The Morgan fingerprint density at radius 2 is 1.38 bits per heavy atom. The van der Waals surface area contributed by atoms with Gasteiger partial charge < -0.3 is 9.59 Å². The Morgan fingerprint density at radius 1 is 0.862 bits per heavy atom. The molecule has 166 valence electrons. The molecule has 1 N–H and O–H groups in total. The van der Waals surface area contributed by atoms with Gasteiger partial charge >= 0.3 is 0 Å². The van der Waals surface area contributed by atoms with Crippen LogP contribution >= 0.6 is 0 Å². The number of carbonyl (C=O) groups excluding carboxylic acids is 1. The Balaban J connectivity index is 2.78. The molecule has 0 aromatic heterocycles. The highest BCUT2D eigenvalue weighted by atomic mass is 16.3. The number of unbranched alkanes of at least 4 members (excludes halogenated alkanes) is 4. The molecular weight excluding hydrogens is 358 g/mol. The summed E-state index contributed by atoms with van der Waals surface area (Å²) in [6.07, 6.45) is 11.9. The first-order valence-corrected chi connectivity index (χ1v) is 12.1. The van der Waals surface area contributed by atoms with Crippen molar-refractivity contribution in [2.75, 3.05) is 26.2 Å². The van der Waals surface area contributed by atoms with E-state index in [1.165, 1.54) is 81.2 Å². The normalized spacial score (nSPS) is 11.9. The number of aromatic hydroxyl groups is 1. The molecule has 0 atom stereocenters. The van der Waals surface area contributed by atoms with Crippen molar-refractivity contribution in [2.45, 2.75) is 98.3 Å². The van der Waals surface area contributed by atoms with E-state index in [1.54, 1.807) is 0 Å². The summed E-state index contributed by atoms with van der Waals surface area (Å²) in [7, 11) is 0. The number of phenolic OH excluding ortho intramolecular Hbond substituents is 1. The van der Waals surface area contributed by atoms with Crippen molar-refractivity contribution in [1.82, 2.24) is 0 Å². The molecule has 0 aliphatic rings. The second-order valence-corrected chi connectivity index (χ2v) is 9.15. The highest BCUT2D eigenvalue weighted by Crippen LogP contribution is 2.30. The van der Waals surface area contributed by atoms with Crippen molar-refractivity contribution >= 4 is 6.29 Å². The third-order valence-corrected chi connectivity index (χ3v) is 6.28. The van der Waals surface area contributed by atoms with Crippen molar-refractivity contribution in [3.8, 4) is 5.75 Å². The Hall–Kier alpha value is -1.35. The maximum Gasteiger partial charge on any atom is 0.153 e. The monoisotopic (exact) mass is 404 g/mol. The highest BCUT2D eigenvalue weighted by Gasteiger charge is 2.25. The molecular formula is C26H46NO2+. The van der Waals surface area contributed by atoms with Crippen LogP contribution in [0.15, 0.2) is 12.1 Å². The van der Waals surface area contributed by atoms with E-state index >= 15 is 0 Å². The maximum absolute atomic E-state index is 11.4. The van der Waals surface area contributed by atoms with Gasteiger partial charge in [-0.05, 0) is 61.6 Å². The third-order valence-electron chi connectivity index (χ3n) is 6.28. The van der Waals surface area contributed by atoms with Gasteiger partial charge in [0.1, 0.15) is 5.75 Å². The topological polar surface area (TPSA) is 37.3 Å². The summed E-state index contributed by atoms with van der Waals surface area (Å²) in [4.78, 5) is 11.4. The first-order chi connectivity index (χ1) is 13.9. The largest absolute Gasteiger partial charge is 0.507 e. The zero-order valence-corrected chi connectivity index (χ0v) is 19.8. The van der Waals surface area contributed by atoms with Crippen LogP contribution in [0.1, 0.15) is 113 Å². The summed E-state index contributed by atoms with van der Waals surface area (Å²) in [5.74, 6) is 0.378. The average Bonchev–Trinajstić information content (AvgIpc) is 2.72.